The number of benzene rings is 1. The largest absolute Gasteiger partial charge is 0.457 e. The molecule has 1 aromatic carbocycles. The van der Waals surface area contributed by atoms with Crippen molar-refractivity contribution in [3.63, 3.8) is 0 Å². The standard InChI is InChI=1S/C20H16N6O2/c1-21-19(27)18-10-16(6-8-23-18)28-15-4-5-17-13(9-15)11-24-20(26-17)25-14-3-2-7-22-12-14/h2-12H,1H3,(H,21,27)(H,24,25,26). The average molecular weight is 372 g/mol. The maximum atomic E-state index is 11.7. The van der Waals surface area contributed by atoms with Crippen LogP contribution in [0.4, 0.5) is 11.6 Å². The van der Waals surface area contributed by atoms with Gasteiger partial charge in [-0.1, -0.05) is 0 Å². The molecular formula is C20H16N6O2. The molecule has 0 fully saturated rings. The predicted octanol–water partition coefficient (Wildman–Crippen LogP) is 3.32. The summed E-state index contributed by atoms with van der Waals surface area (Å²) in [6.07, 6.45) is 6.65. The molecule has 0 aliphatic rings. The van der Waals surface area contributed by atoms with Crippen molar-refractivity contribution < 1.29 is 9.53 Å². The van der Waals surface area contributed by atoms with E-state index >= 15 is 0 Å². The van der Waals surface area contributed by atoms with Gasteiger partial charge in [0.2, 0.25) is 5.95 Å². The average Bonchev–Trinajstić information content (AvgIpc) is 2.74. The van der Waals surface area contributed by atoms with Crippen molar-refractivity contribution in [2.75, 3.05) is 12.4 Å². The van der Waals surface area contributed by atoms with Gasteiger partial charge in [0, 0.05) is 37.1 Å². The molecule has 0 radical (unpaired) electrons. The molecule has 1 amide bonds. The van der Waals surface area contributed by atoms with E-state index in [-0.39, 0.29) is 11.6 Å². The van der Waals surface area contributed by atoms with E-state index in [9.17, 15) is 4.79 Å². The second kappa shape index (κ2) is 7.67. The Hall–Kier alpha value is -4.07. The Morgan fingerprint density at radius 2 is 1.89 bits per heavy atom. The molecule has 0 saturated heterocycles. The fraction of sp³-hybridized carbons (Fsp3) is 0.0500. The van der Waals surface area contributed by atoms with E-state index in [0.29, 0.717) is 17.4 Å². The first kappa shape index (κ1) is 17.3. The quantitative estimate of drug-likeness (QED) is 0.554. The van der Waals surface area contributed by atoms with Crippen LogP contribution in [0.1, 0.15) is 10.5 Å². The third kappa shape index (κ3) is 3.85. The second-order valence-corrected chi connectivity index (χ2v) is 5.84. The Labute approximate surface area is 160 Å². The number of aromatic nitrogens is 4. The minimum Gasteiger partial charge on any atom is -0.457 e. The summed E-state index contributed by atoms with van der Waals surface area (Å²) < 4.78 is 5.85. The van der Waals surface area contributed by atoms with Crippen molar-refractivity contribution >= 4 is 28.4 Å². The van der Waals surface area contributed by atoms with Gasteiger partial charge >= 0.3 is 0 Å². The molecule has 0 saturated carbocycles. The Morgan fingerprint density at radius 3 is 2.71 bits per heavy atom. The summed E-state index contributed by atoms with van der Waals surface area (Å²) in [5, 5.41) is 6.48. The topological polar surface area (TPSA) is 102 Å². The van der Waals surface area contributed by atoms with Gasteiger partial charge in [0.25, 0.3) is 5.91 Å². The van der Waals surface area contributed by atoms with Crippen LogP contribution >= 0.6 is 0 Å². The number of fused-ring (bicyclic) bond motifs is 1. The zero-order valence-corrected chi connectivity index (χ0v) is 15.0. The molecule has 0 unspecified atom stereocenters. The molecule has 0 aliphatic carbocycles. The van der Waals surface area contributed by atoms with Crippen LogP contribution in [0.15, 0.2) is 67.3 Å². The molecule has 0 spiro atoms. The minimum atomic E-state index is -0.272. The van der Waals surface area contributed by atoms with Crippen LogP contribution in [-0.2, 0) is 0 Å². The Balaban J connectivity index is 1.55. The van der Waals surface area contributed by atoms with Gasteiger partial charge in [0.1, 0.15) is 17.2 Å². The number of carbonyl (C=O) groups is 1. The lowest BCUT2D eigenvalue weighted by molar-refractivity contribution is 0.0958. The molecule has 4 aromatic rings. The van der Waals surface area contributed by atoms with E-state index in [1.807, 2.05) is 30.3 Å². The molecule has 2 N–H and O–H groups in total. The summed E-state index contributed by atoms with van der Waals surface area (Å²) in [4.78, 5) is 28.6. The van der Waals surface area contributed by atoms with Gasteiger partial charge in [0.15, 0.2) is 0 Å². The molecule has 8 nitrogen and oxygen atoms in total. The van der Waals surface area contributed by atoms with Crippen molar-refractivity contribution in [3.8, 4) is 11.5 Å². The van der Waals surface area contributed by atoms with Crippen LogP contribution in [0.3, 0.4) is 0 Å². The summed E-state index contributed by atoms with van der Waals surface area (Å²) in [7, 11) is 1.55. The van der Waals surface area contributed by atoms with E-state index in [1.54, 1.807) is 37.8 Å². The Kier molecular flexibility index (Phi) is 4.75. The van der Waals surface area contributed by atoms with Crippen molar-refractivity contribution in [2.24, 2.45) is 0 Å². The van der Waals surface area contributed by atoms with Gasteiger partial charge in [0.05, 0.1) is 17.4 Å². The SMILES string of the molecule is CNC(=O)c1cc(Oc2ccc3nc(Nc4cccnc4)ncc3c2)ccn1. The number of ether oxygens (including phenoxy) is 1. The highest BCUT2D eigenvalue weighted by molar-refractivity contribution is 5.92. The molecule has 4 rings (SSSR count). The lowest BCUT2D eigenvalue weighted by atomic mass is 10.2. The molecule has 8 heteroatoms. The maximum Gasteiger partial charge on any atom is 0.269 e. The molecule has 3 aromatic heterocycles. The molecule has 0 atom stereocenters. The Morgan fingerprint density at radius 1 is 1.00 bits per heavy atom. The van der Waals surface area contributed by atoms with Crippen molar-refractivity contribution in [1.29, 1.82) is 0 Å². The number of carbonyl (C=O) groups excluding carboxylic acids is 1. The molecule has 0 aliphatic heterocycles. The molecule has 0 bridgehead atoms. The Bertz CT molecular complexity index is 1130. The second-order valence-electron chi connectivity index (χ2n) is 5.84. The van der Waals surface area contributed by atoms with Crippen LogP contribution in [-0.4, -0.2) is 32.9 Å². The van der Waals surface area contributed by atoms with E-state index in [1.165, 1.54) is 6.20 Å². The summed E-state index contributed by atoms with van der Waals surface area (Å²) in [6, 6.07) is 12.5. The van der Waals surface area contributed by atoms with E-state index in [2.05, 4.69) is 30.6 Å². The van der Waals surface area contributed by atoms with E-state index in [0.717, 1.165) is 16.6 Å². The number of hydrogen-bond acceptors (Lipinski definition) is 7. The summed E-state index contributed by atoms with van der Waals surface area (Å²) in [5.41, 5.74) is 1.87. The fourth-order valence-electron chi connectivity index (χ4n) is 2.56. The lowest BCUT2D eigenvalue weighted by Crippen LogP contribution is -2.18. The van der Waals surface area contributed by atoms with Crippen LogP contribution < -0.4 is 15.4 Å². The number of hydrogen-bond donors (Lipinski definition) is 2. The lowest BCUT2D eigenvalue weighted by Gasteiger charge is -2.09. The third-order valence-corrected chi connectivity index (χ3v) is 3.90. The highest BCUT2D eigenvalue weighted by Crippen LogP contribution is 2.25. The van der Waals surface area contributed by atoms with Crippen LogP contribution in [0.25, 0.3) is 10.9 Å². The first-order valence-electron chi connectivity index (χ1n) is 8.51. The van der Waals surface area contributed by atoms with Crippen molar-refractivity contribution in [2.45, 2.75) is 0 Å². The van der Waals surface area contributed by atoms with Crippen LogP contribution in [0, 0.1) is 0 Å². The number of nitrogens with zero attached hydrogens (tertiary/aromatic N) is 4. The van der Waals surface area contributed by atoms with Gasteiger partial charge < -0.3 is 15.4 Å². The van der Waals surface area contributed by atoms with Crippen LogP contribution in [0.5, 0.6) is 11.5 Å². The van der Waals surface area contributed by atoms with Gasteiger partial charge in [-0.2, -0.15) is 0 Å². The third-order valence-electron chi connectivity index (χ3n) is 3.90. The van der Waals surface area contributed by atoms with E-state index in [4.69, 9.17) is 4.74 Å². The normalized spacial score (nSPS) is 10.5. The number of rotatable bonds is 5. The molecule has 28 heavy (non-hydrogen) atoms. The summed E-state index contributed by atoms with van der Waals surface area (Å²) in [5.74, 6) is 1.34. The predicted molar refractivity (Wildman–Crippen MR) is 105 cm³/mol. The number of pyridine rings is 2. The minimum absolute atomic E-state index is 0.272. The summed E-state index contributed by atoms with van der Waals surface area (Å²) in [6.45, 7) is 0. The maximum absolute atomic E-state index is 11.7. The monoisotopic (exact) mass is 372 g/mol. The zero-order chi connectivity index (χ0) is 19.3. The first-order valence-corrected chi connectivity index (χ1v) is 8.51. The van der Waals surface area contributed by atoms with Crippen LogP contribution in [0.2, 0.25) is 0 Å². The highest BCUT2D eigenvalue weighted by Gasteiger charge is 2.08. The van der Waals surface area contributed by atoms with Crippen molar-refractivity contribution in [1.82, 2.24) is 25.3 Å². The molecule has 138 valence electrons. The highest BCUT2D eigenvalue weighted by atomic mass is 16.5. The van der Waals surface area contributed by atoms with Gasteiger partial charge in [-0.3, -0.25) is 14.8 Å². The number of anilines is 2. The number of amides is 1. The molecular weight excluding hydrogens is 356 g/mol. The zero-order valence-electron chi connectivity index (χ0n) is 15.0. The smallest absolute Gasteiger partial charge is 0.269 e. The number of nitrogens with one attached hydrogen (secondary N) is 2. The van der Waals surface area contributed by atoms with Gasteiger partial charge in [-0.05, 0) is 36.4 Å². The van der Waals surface area contributed by atoms with Crippen molar-refractivity contribution in [3.05, 3.63) is 72.9 Å². The van der Waals surface area contributed by atoms with Gasteiger partial charge in [-0.25, -0.2) is 9.97 Å². The van der Waals surface area contributed by atoms with Gasteiger partial charge in [-0.15, -0.1) is 0 Å². The van der Waals surface area contributed by atoms with E-state index < -0.39 is 0 Å². The fourth-order valence-corrected chi connectivity index (χ4v) is 2.56. The summed E-state index contributed by atoms with van der Waals surface area (Å²) >= 11 is 0. The molecule has 3 heterocycles. The first-order chi connectivity index (χ1) is 13.7.